The number of imidazole rings is 1. The number of thiophene rings is 1. The number of ether oxygens (including phenoxy) is 1. The minimum atomic E-state index is 0.650. The number of halogens is 1. The molecule has 0 aliphatic rings. The summed E-state index contributed by atoms with van der Waals surface area (Å²) >= 11 is 9.29. The molecule has 30 heavy (non-hydrogen) atoms. The second-order valence-electron chi connectivity index (χ2n) is 6.42. The molecule has 0 N–H and O–H groups in total. The van der Waals surface area contributed by atoms with Crippen molar-refractivity contribution in [3.05, 3.63) is 77.0 Å². The zero-order valence-electron chi connectivity index (χ0n) is 15.9. The topological polar surface area (TPSA) is 57.2 Å². The van der Waals surface area contributed by atoms with Gasteiger partial charge in [-0.1, -0.05) is 41.6 Å². The molecule has 1 aromatic carbocycles. The van der Waals surface area contributed by atoms with Gasteiger partial charge in [-0.3, -0.25) is 4.57 Å². The van der Waals surface area contributed by atoms with Crippen LogP contribution in [0.1, 0.15) is 5.69 Å². The van der Waals surface area contributed by atoms with Crippen molar-refractivity contribution < 1.29 is 4.74 Å². The van der Waals surface area contributed by atoms with Gasteiger partial charge in [0.05, 0.1) is 28.4 Å². The van der Waals surface area contributed by atoms with E-state index in [1.54, 1.807) is 30.2 Å². The second kappa shape index (κ2) is 8.14. The van der Waals surface area contributed by atoms with Gasteiger partial charge in [0.15, 0.2) is 11.0 Å². The van der Waals surface area contributed by atoms with Crippen LogP contribution in [0, 0.1) is 0 Å². The highest BCUT2D eigenvalue weighted by molar-refractivity contribution is 7.98. The zero-order chi connectivity index (χ0) is 20.5. The molecule has 0 aliphatic carbocycles. The van der Waals surface area contributed by atoms with Crippen LogP contribution in [0.3, 0.4) is 0 Å². The molecule has 0 atom stereocenters. The van der Waals surface area contributed by atoms with Crippen LogP contribution in [0.25, 0.3) is 22.0 Å². The molecule has 4 heterocycles. The van der Waals surface area contributed by atoms with E-state index in [-0.39, 0.29) is 0 Å². The first-order chi connectivity index (χ1) is 14.7. The molecule has 5 rings (SSSR count). The van der Waals surface area contributed by atoms with Gasteiger partial charge < -0.3 is 9.14 Å². The average molecular weight is 454 g/mol. The number of fused-ring (bicyclic) bond motifs is 1. The molecule has 0 fully saturated rings. The third kappa shape index (κ3) is 3.58. The molecular weight excluding hydrogens is 438 g/mol. The number of nitrogens with zero attached hydrogens (tertiary/aromatic N) is 5. The number of rotatable bonds is 6. The maximum absolute atomic E-state index is 6.08. The smallest absolute Gasteiger partial charge is 0.196 e. The van der Waals surface area contributed by atoms with E-state index in [9.17, 15) is 0 Å². The van der Waals surface area contributed by atoms with E-state index in [1.165, 1.54) is 0 Å². The van der Waals surface area contributed by atoms with Crippen LogP contribution in [0.2, 0.25) is 5.02 Å². The van der Waals surface area contributed by atoms with Gasteiger partial charge in [0.25, 0.3) is 0 Å². The van der Waals surface area contributed by atoms with Crippen LogP contribution in [0.15, 0.2) is 71.5 Å². The molecule has 0 saturated carbocycles. The minimum Gasteiger partial charge on any atom is -0.495 e. The maximum Gasteiger partial charge on any atom is 0.196 e. The summed E-state index contributed by atoms with van der Waals surface area (Å²) in [5, 5.41) is 12.4. The van der Waals surface area contributed by atoms with Crippen molar-refractivity contribution in [3.8, 4) is 22.1 Å². The Morgan fingerprint density at radius 3 is 2.80 bits per heavy atom. The monoisotopic (exact) mass is 453 g/mol. The molecule has 0 saturated heterocycles. The Kier molecular flexibility index (Phi) is 5.20. The van der Waals surface area contributed by atoms with Crippen LogP contribution >= 0.6 is 34.7 Å². The molecular formula is C21H16ClN5OS2. The van der Waals surface area contributed by atoms with Gasteiger partial charge in [-0.2, -0.15) is 0 Å². The zero-order valence-corrected chi connectivity index (χ0v) is 18.3. The summed E-state index contributed by atoms with van der Waals surface area (Å²) in [5.41, 5.74) is 2.70. The van der Waals surface area contributed by atoms with Gasteiger partial charge in [-0.05, 0) is 35.7 Å². The number of benzene rings is 1. The number of para-hydroxylation sites is 2. The van der Waals surface area contributed by atoms with E-state index in [2.05, 4.69) is 15.2 Å². The van der Waals surface area contributed by atoms with Gasteiger partial charge in [-0.15, -0.1) is 21.5 Å². The van der Waals surface area contributed by atoms with Crippen molar-refractivity contribution in [2.45, 2.75) is 10.9 Å². The SMILES string of the molecule is COc1ccccc1-n1c(SCc2cn3cc(Cl)ccc3n2)nnc1-c1cccs1. The highest BCUT2D eigenvalue weighted by Gasteiger charge is 2.19. The van der Waals surface area contributed by atoms with Crippen molar-refractivity contribution in [3.63, 3.8) is 0 Å². The molecule has 9 heteroatoms. The third-order valence-electron chi connectivity index (χ3n) is 4.51. The van der Waals surface area contributed by atoms with E-state index in [1.807, 2.05) is 75.3 Å². The predicted octanol–water partition coefficient (Wildman–Crippen LogP) is 5.60. The van der Waals surface area contributed by atoms with Crippen LogP contribution in [-0.4, -0.2) is 31.3 Å². The number of methoxy groups -OCH3 is 1. The normalized spacial score (nSPS) is 11.3. The quantitative estimate of drug-likeness (QED) is 0.313. The van der Waals surface area contributed by atoms with Crippen LogP contribution in [0.4, 0.5) is 0 Å². The lowest BCUT2D eigenvalue weighted by molar-refractivity contribution is 0.412. The summed E-state index contributed by atoms with van der Waals surface area (Å²) in [5.74, 6) is 2.20. The fourth-order valence-corrected chi connectivity index (χ4v) is 4.88. The van der Waals surface area contributed by atoms with E-state index in [4.69, 9.17) is 16.3 Å². The number of aromatic nitrogens is 5. The summed E-state index contributed by atoms with van der Waals surface area (Å²) in [4.78, 5) is 5.71. The fraction of sp³-hybridized carbons (Fsp3) is 0.0952. The van der Waals surface area contributed by atoms with Crippen molar-refractivity contribution in [1.82, 2.24) is 24.1 Å². The van der Waals surface area contributed by atoms with Crippen molar-refractivity contribution >= 4 is 40.3 Å². The lowest BCUT2D eigenvalue weighted by Gasteiger charge is -2.13. The van der Waals surface area contributed by atoms with E-state index < -0.39 is 0 Å². The number of hydrogen-bond donors (Lipinski definition) is 0. The Balaban J connectivity index is 1.53. The molecule has 4 aromatic heterocycles. The first kappa shape index (κ1) is 19.2. The van der Waals surface area contributed by atoms with Gasteiger partial charge in [0.2, 0.25) is 0 Å². The minimum absolute atomic E-state index is 0.650. The molecule has 0 spiro atoms. The average Bonchev–Trinajstić information content (AvgIpc) is 3.50. The molecule has 0 amide bonds. The molecule has 0 unspecified atom stereocenters. The Labute approximate surface area is 186 Å². The standard InChI is InChI=1S/C21H16ClN5OS2/c1-28-17-6-3-2-5-16(17)27-20(18-7-4-10-29-18)24-25-21(27)30-13-15-12-26-11-14(22)8-9-19(26)23-15/h2-12H,13H2,1H3. The van der Waals surface area contributed by atoms with Crippen LogP contribution in [0.5, 0.6) is 5.75 Å². The fourth-order valence-electron chi connectivity index (χ4n) is 3.19. The summed E-state index contributed by atoms with van der Waals surface area (Å²) in [7, 11) is 1.67. The maximum atomic E-state index is 6.08. The van der Waals surface area contributed by atoms with E-state index in [0.29, 0.717) is 10.8 Å². The molecule has 6 nitrogen and oxygen atoms in total. The first-order valence-corrected chi connectivity index (χ1v) is 11.4. The van der Waals surface area contributed by atoms with Crippen molar-refractivity contribution in [2.24, 2.45) is 0 Å². The Morgan fingerprint density at radius 1 is 1.07 bits per heavy atom. The Morgan fingerprint density at radius 2 is 1.97 bits per heavy atom. The summed E-state index contributed by atoms with van der Waals surface area (Å²) in [6, 6.07) is 15.7. The van der Waals surface area contributed by atoms with Crippen molar-refractivity contribution in [1.29, 1.82) is 0 Å². The summed E-state index contributed by atoms with van der Waals surface area (Å²) < 4.78 is 9.57. The van der Waals surface area contributed by atoms with Gasteiger partial charge in [0, 0.05) is 18.1 Å². The molecule has 0 radical (unpaired) electrons. The van der Waals surface area contributed by atoms with Crippen LogP contribution in [-0.2, 0) is 5.75 Å². The number of thioether (sulfide) groups is 1. The predicted molar refractivity (Wildman–Crippen MR) is 121 cm³/mol. The summed E-state index contributed by atoms with van der Waals surface area (Å²) in [6.07, 6.45) is 3.84. The van der Waals surface area contributed by atoms with Gasteiger partial charge in [0.1, 0.15) is 11.4 Å². The van der Waals surface area contributed by atoms with Crippen LogP contribution < -0.4 is 4.74 Å². The first-order valence-electron chi connectivity index (χ1n) is 9.11. The largest absolute Gasteiger partial charge is 0.495 e. The lowest BCUT2D eigenvalue weighted by Crippen LogP contribution is -2.01. The molecule has 5 aromatic rings. The molecule has 0 aliphatic heterocycles. The number of pyridine rings is 1. The third-order valence-corrected chi connectivity index (χ3v) is 6.57. The Bertz CT molecular complexity index is 1310. The second-order valence-corrected chi connectivity index (χ2v) is 8.75. The number of hydrogen-bond acceptors (Lipinski definition) is 6. The van der Waals surface area contributed by atoms with Gasteiger partial charge in [-0.25, -0.2) is 4.98 Å². The summed E-state index contributed by atoms with van der Waals surface area (Å²) in [6.45, 7) is 0. The van der Waals surface area contributed by atoms with Gasteiger partial charge >= 0.3 is 0 Å². The highest BCUT2D eigenvalue weighted by atomic mass is 35.5. The highest BCUT2D eigenvalue weighted by Crippen LogP contribution is 2.34. The van der Waals surface area contributed by atoms with Crippen molar-refractivity contribution in [2.75, 3.05) is 7.11 Å². The van der Waals surface area contributed by atoms with E-state index in [0.717, 1.165) is 38.6 Å². The Hall–Kier alpha value is -2.81. The molecule has 150 valence electrons. The lowest BCUT2D eigenvalue weighted by atomic mass is 10.3. The van der Waals surface area contributed by atoms with E-state index >= 15 is 0 Å². The molecule has 0 bridgehead atoms.